The summed E-state index contributed by atoms with van der Waals surface area (Å²) in [6.07, 6.45) is 8.29. The lowest BCUT2D eigenvalue weighted by atomic mass is 9.93. The van der Waals surface area contributed by atoms with Crippen LogP contribution in [0, 0.1) is 12.8 Å². The van der Waals surface area contributed by atoms with Crippen molar-refractivity contribution in [3.8, 4) is 0 Å². The summed E-state index contributed by atoms with van der Waals surface area (Å²) in [5, 5.41) is 6.92. The van der Waals surface area contributed by atoms with E-state index in [0.29, 0.717) is 11.5 Å². The maximum absolute atomic E-state index is 6.05. The maximum atomic E-state index is 6.05. The zero-order chi connectivity index (χ0) is 22.3. The fourth-order valence-corrected chi connectivity index (χ4v) is 3.16. The molecule has 0 saturated heterocycles. The van der Waals surface area contributed by atoms with Crippen LogP contribution in [0.3, 0.4) is 0 Å². The van der Waals surface area contributed by atoms with E-state index in [0.717, 1.165) is 40.3 Å². The van der Waals surface area contributed by atoms with Gasteiger partial charge in [0.1, 0.15) is 11.6 Å². The Morgan fingerprint density at radius 3 is 2.57 bits per heavy atom. The van der Waals surface area contributed by atoms with E-state index in [1.807, 2.05) is 37.3 Å². The van der Waals surface area contributed by atoms with E-state index < -0.39 is 0 Å². The second-order valence-corrected chi connectivity index (χ2v) is 7.42. The molecule has 5 heteroatoms. The van der Waals surface area contributed by atoms with Crippen molar-refractivity contribution in [3.63, 3.8) is 0 Å². The van der Waals surface area contributed by atoms with E-state index in [1.54, 1.807) is 12.3 Å². The van der Waals surface area contributed by atoms with Crippen LogP contribution in [-0.4, -0.2) is 16.0 Å². The molecule has 2 atom stereocenters. The number of hydrogen-bond acceptors (Lipinski definition) is 5. The Kier molecular flexibility index (Phi) is 7.98. The lowest BCUT2D eigenvalue weighted by molar-refractivity contribution is 0.595. The van der Waals surface area contributed by atoms with Crippen molar-refractivity contribution >= 4 is 23.0 Å². The molecule has 2 unspecified atom stereocenters. The molecule has 0 amide bonds. The summed E-state index contributed by atoms with van der Waals surface area (Å²) in [7, 11) is 0. The quantitative estimate of drug-likeness (QED) is 0.440. The molecule has 0 saturated carbocycles. The highest BCUT2D eigenvalue weighted by Crippen LogP contribution is 2.29. The number of anilines is 3. The molecule has 158 valence electrons. The molecule has 4 N–H and O–H groups in total. The van der Waals surface area contributed by atoms with Gasteiger partial charge >= 0.3 is 0 Å². The van der Waals surface area contributed by atoms with Crippen molar-refractivity contribution in [2.24, 2.45) is 11.7 Å². The first-order valence-electron chi connectivity index (χ1n) is 10.2. The van der Waals surface area contributed by atoms with E-state index in [1.165, 1.54) is 0 Å². The topological polar surface area (TPSA) is 75.9 Å². The van der Waals surface area contributed by atoms with Gasteiger partial charge in [-0.2, -0.15) is 0 Å². The number of aryl methyl sites for hydroxylation is 2. The molecule has 2 aromatic heterocycles. The van der Waals surface area contributed by atoms with Crippen molar-refractivity contribution in [2.75, 3.05) is 10.6 Å². The summed E-state index contributed by atoms with van der Waals surface area (Å²) in [5.41, 5.74) is 11.3. The number of hydrogen-bond donors (Lipinski definition) is 3. The Labute approximate surface area is 180 Å². The van der Waals surface area contributed by atoms with Gasteiger partial charge in [0, 0.05) is 40.8 Å². The maximum Gasteiger partial charge on any atom is 0.142 e. The second kappa shape index (κ2) is 10.4. The minimum Gasteiger partial charge on any atom is -0.399 e. The normalized spacial score (nSPS) is 13.3. The van der Waals surface area contributed by atoms with Gasteiger partial charge in [0.25, 0.3) is 0 Å². The Morgan fingerprint density at radius 1 is 1.23 bits per heavy atom. The molecule has 0 fully saturated rings. The summed E-state index contributed by atoms with van der Waals surface area (Å²) >= 11 is 0. The molecule has 0 aliphatic carbocycles. The lowest BCUT2D eigenvalue weighted by Gasteiger charge is -2.25. The highest BCUT2D eigenvalue weighted by Gasteiger charge is 2.18. The first-order valence-corrected chi connectivity index (χ1v) is 10.2. The average Bonchev–Trinajstić information content (AvgIpc) is 2.73. The Bertz CT molecular complexity index is 958. The van der Waals surface area contributed by atoms with Gasteiger partial charge in [-0.25, -0.2) is 4.98 Å². The van der Waals surface area contributed by atoms with Crippen molar-refractivity contribution in [3.05, 3.63) is 84.8 Å². The molecule has 0 radical (unpaired) electrons. The Balaban J connectivity index is 2.38. The molecule has 2 aromatic rings. The zero-order valence-electron chi connectivity index (χ0n) is 18.5. The summed E-state index contributed by atoms with van der Waals surface area (Å²) in [5.74, 6) is 1.69. The zero-order valence-corrected chi connectivity index (χ0v) is 18.5. The van der Waals surface area contributed by atoms with Crippen LogP contribution in [0.5, 0.6) is 0 Å². The van der Waals surface area contributed by atoms with E-state index in [9.17, 15) is 0 Å². The highest BCUT2D eigenvalue weighted by atomic mass is 15.1. The third-order valence-corrected chi connectivity index (χ3v) is 5.19. The third-order valence-electron chi connectivity index (χ3n) is 5.19. The van der Waals surface area contributed by atoms with Gasteiger partial charge in [-0.1, -0.05) is 51.8 Å². The number of aromatic nitrogens is 2. The standard InChI is InChI=1S/C25H33N5/c1-8-11-20(9-2)17(5)19(7)28-24-16(4)14-23(18(6)26)25(30-24)29-22-12-13-27-21(10-3)15-22/h8-9,11-15,17,19H,1-2,6,10,26H2,3-5,7H3,(H2,27,28,29,30)/b20-11+. The van der Waals surface area contributed by atoms with Crippen LogP contribution in [0.4, 0.5) is 17.3 Å². The second-order valence-electron chi connectivity index (χ2n) is 7.42. The first-order chi connectivity index (χ1) is 14.3. The minimum atomic E-state index is 0.132. The summed E-state index contributed by atoms with van der Waals surface area (Å²) in [4.78, 5) is 9.20. The van der Waals surface area contributed by atoms with Gasteiger partial charge in [0.15, 0.2) is 0 Å². The van der Waals surface area contributed by atoms with Crippen LogP contribution < -0.4 is 16.4 Å². The van der Waals surface area contributed by atoms with Crippen LogP contribution in [0.15, 0.2) is 67.9 Å². The molecule has 30 heavy (non-hydrogen) atoms. The average molecular weight is 404 g/mol. The molecular weight excluding hydrogens is 370 g/mol. The number of allylic oxidation sites excluding steroid dienone is 3. The predicted octanol–water partition coefficient (Wildman–Crippen LogP) is 5.76. The van der Waals surface area contributed by atoms with Crippen molar-refractivity contribution in [1.82, 2.24) is 9.97 Å². The van der Waals surface area contributed by atoms with E-state index >= 15 is 0 Å². The van der Waals surface area contributed by atoms with Gasteiger partial charge in [-0.05, 0) is 49.6 Å². The molecule has 0 aliphatic heterocycles. The lowest BCUT2D eigenvalue weighted by Crippen LogP contribution is -2.26. The van der Waals surface area contributed by atoms with Gasteiger partial charge in [-0.3, -0.25) is 4.98 Å². The molecule has 2 heterocycles. The first kappa shape index (κ1) is 22.9. The highest BCUT2D eigenvalue weighted by molar-refractivity contribution is 5.76. The molecule has 0 aromatic carbocycles. The van der Waals surface area contributed by atoms with Crippen LogP contribution >= 0.6 is 0 Å². The van der Waals surface area contributed by atoms with E-state index in [-0.39, 0.29) is 12.0 Å². The van der Waals surface area contributed by atoms with E-state index in [4.69, 9.17) is 10.7 Å². The largest absolute Gasteiger partial charge is 0.399 e. The SMILES string of the molecule is C=C/C=C(\C=C)C(C)C(C)Nc1nc(Nc2ccnc(CC)c2)c(C(=C)N)cc1C. The molecule has 0 spiro atoms. The number of nitrogens with one attached hydrogen (secondary N) is 2. The van der Waals surface area contributed by atoms with Gasteiger partial charge in [-0.15, -0.1) is 0 Å². The number of pyridine rings is 2. The van der Waals surface area contributed by atoms with Crippen molar-refractivity contribution in [1.29, 1.82) is 0 Å². The number of nitrogens with two attached hydrogens (primary N) is 1. The molecule has 2 rings (SSSR count). The van der Waals surface area contributed by atoms with Crippen molar-refractivity contribution < 1.29 is 0 Å². The van der Waals surface area contributed by atoms with Gasteiger partial charge in [0.05, 0.1) is 0 Å². The smallest absolute Gasteiger partial charge is 0.142 e. The predicted molar refractivity (Wildman–Crippen MR) is 130 cm³/mol. The van der Waals surface area contributed by atoms with Crippen LogP contribution in [-0.2, 0) is 6.42 Å². The Morgan fingerprint density at radius 2 is 1.97 bits per heavy atom. The summed E-state index contributed by atoms with van der Waals surface area (Å²) < 4.78 is 0. The molecule has 0 bridgehead atoms. The third kappa shape index (κ3) is 5.60. The van der Waals surface area contributed by atoms with Crippen molar-refractivity contribution in [2.45, 2.75) is 40.2 Å². The van der Waals surface area contributed by atoms with Gasteiger partial charge in [0.2, 0.25) is 0 Å². The fraction of sp³-hybridized carbons (Fsp3) is 0.280. The fourth-order valence-electron chi connectivity index (χ4n) is 3.16. The Hall–Kier alpha value is -3.34. The molecular formula is C25H33N5. The van der Waals surface area contributed by atoms with Gasteiger partial charge < -0.3 is 16.4 Å². The van der Waals surface area contributed by atoms with Crippen LogP contribution in [0.1, 0.15) is 37.6 Å². The number of rotatable bonds is 10. The molecule has 0 aliphatic rings. The number of nitrogens with zero attached hydrogens (tertiary/aromatic N) is 2. The molecule has 5 nitrogen and oxygen atoms in total. The summed E-state index contributed by atoms with van der Waals surface area (Å²) in [6, 6.07) is 6.07. The van der Waals surface area contributed by atoms with E-state index in [2.05, 4.69) is 56.1 Å². The van der Waals surface area contributed by atoms with Crippen LogP contribution in [0.25, 0.3) is 5.70 Å². The monoisotopic (exact) mass is 403 g/mol. The summed E-state index contributed by atoms with van der Waals surface area (Å²) in [6.45, 7) is 20.0. The minimum absolute atomic E-state index is 0.132. The van der Waals surface area contributed by atoms with Crippen LogP contribution in [0.2, 0.25) is 0 Å².